The fourth-order valence-electron chi connectivity index (χ4n) is 1.80. The summed E-state index contributed by atoms with van der Waals surface area (Å²) in [4.78, 5) is 12.1. The van der Waals surface area contributed by atoms with Crippen LogP contribution >= 0.6 is 11.3 Å². The minimum Gasteiger partial charge on any atom is -0.398 e. The molecule has 0 aliphatic carbocycles. The summed E-state index contributed by atoms with van der Waals surface area (Å²) in [5, 5.41) is 12.3. The molecule has 0 saturated carbocycles. The van der Waals surface area contributed by atoms with E-state index in [9.17, 15) is 4.79 Å². The molecular formula is C14H18N4OS. The molecule has 1 amide bonds. The zero-order chi connectivity index (χ0) is 14.4. The number of carbonyl (C=O) groups is 1. The summed E-state index contributed by atoms with van der Waals surface area (Å²) < 4.78 is 0. The Morgan fingerprint density at radius 1 is 1.30 bits per heavy atom. The summed E-state index contributed by atoms with van der Waals surface area (Å²) in [6.07, 6.45) is 4.37. The highest BCUT2D eigenvalue weighted by molar-refractivity contribution is 7.15. The molecule has 3 N–H and O–H groups in total. The molecule has 1 heterocycles. The summed E-state index contributed by atoms with van der Waals surface area (Å²) in [6.45, 7) is 2.16. The van der Waals surface area contributed by atoms with Gasteiger partial charge in [0.25, 0.3) is 5.91 Å². The van der Waals surface area contributed by atoms with E-state index in [0.717, 1.165) is 17.8 Å². The van der Waals surface area contributed by atoms with E-state index in [0.29, 0.717) is 16.4 Å². The number of aromatic nitrogens is 2. The predicted octanol–water partition coefficient (Wildman–Crippen LogP) is 3.11. The van der Waals surface area contributed by atoms with Crippen LogP contribution in [0.15, 0.2) is 24.3 Å². The zero-order valence-corrected chi connectivity index (χ0v) is 12.2. The van der Waals surface area contributed by atoms with Crippen molar-refractivity contribution < 1.29 is 4.79 Å². The van der Waals surface area contributed by atoms with Crippen LogP contribution < -0.4 is 11.1 Å². The molecule has 106 valence electrons. The van der Waals surface area contributed by atoms with E-state index in [4.69, 9.17) is 5.73 Å². The lowest BCUT2D eigenvalue weighted by molar-refractivity contribution is 0.102. The molecule has 2 aromatic rings. The predicted molar refractivity (Wildman–Crippen MR) is 81.9 cm³/mol. The standard InChI is InChI=1S/C14H18N4OS/c1-2-3-4-9-12-17-18-14(20-12)16-13(19)10-7-5-6-8-11(10)15/h5-8H,2-4,9,15H2,1H3,(H,16,18,19). The van der Waals surface area contributed by atoms with Crippen molar-refractivity contribution >= 4 is 28.1 Å². The van der Waals surface area contributed by atoms with E-state index in [1.165, 1.54) is 24.2 Å². The third-order valence-corrected chi connectivity index (χ3v) is 3.79. The van der Waals surface area contributed by atoms with E-state index < -0.39 is 0 Å². The summed E-state index contributed by atoms with van der Waals surface area (Å²) in [5.74, 6) is -0.251. The molecule has 0 bridgehead atoms. The molecule has 1 aromatic carbocycles. The van der Waals surface area contributed by atoms with Crippen molar-refractivity contribution in [3.8, 4) is 0 Å². The number of para-hydroxylation sites is 1. The summed E-state index contributed by atoms with van der Waals surface area (Å²) in [7, 11) is 0. The van der Waals surface area contributed by atoms with E-state index in [1.807, 2.05) is 0 Å². The van der Waals surface area contributed by atoms with Gasteiger partial charge in [-0.3, -0.25) is 10.1 Å². The number of hydrogen-bond acceptors (Lipinski definition) is 5. The van der Waals surface area contributed by atoms with Crippen LogP contribution in [0.4, 0.5) is 10.8 Å². The Balaban J connectivity index is 1.97. The molecular weight excluding hydrogens is 272 g/mol. The molecule has 2 rings (SSSR count). The topological polar surface area (TPSA) is 80.9 Å². The molecule has 0 atom stereocenters. The fraction of sp³-hybridized carbons (Fsp3) is 0.357. The molecule has 5 nitrogen and oxygen atoms in total. The van der Waals surface area contributed by atoms with Gasteiger partial charge in [-0.15, -0.1) is 10.2 Å². The number of nitrogens with one attached hydrogen (secondary N) is 1. The summed E-state index contributed by atoms with van der Waals surface area (Å²) >= 11 is 1.42. The van der Waals surface area contributed by atoms with Crippen molar-refractivity contribution in [1.29, 1.82) is 0 Å². The van der Waals surface area contributed by atoms with Gasteiger partial charge >= 0.3 is 0 Å². The largest absolute Gasteiger partial charge is 0.398 e. The van der Waals surface area contributed by atoms with Crippen LogP contribution in [-0.2, 0) is 6.42 Å². The smallest absolute Gasteiger partial charge is 0.259 e. The Bertz CT molecular complexity index is 582. The monoisotopic (exact) mass is 290 g/mol. The second-order valence-corrected chi connectivity index (χ2v) is 5.56. The van der Waals surface area contributed by atoms with Gasteiger partial charge in [0, 0.05) is 12.1 Å². The van der Waals surface area contributed by atoms with Crippen LogP contribution in [0.5, 0.6) is 0 Å². The van der Waals surface area contributed by atoms with Gasteiger partial charge in [0.2, 0.25) is 5.13 Å². The van der Waals surface area contributed by atoms with E-state index in [1.54, 1.807) is 24.3 Å². The minimum atomic E-state index is -0.251. The van der Waals surface area contributed by atoms with Crippen molar-refractivity contribution in [2.45, 2.75) is 32.6 Å². The highest BCUT2D eigenvalue weighted by Crippen LogP contribution is 2.19. The molecule has 6 heteroatoms. The molecule has 0 saturated heterocycles. The number of nitrogen functional groups attached to an aromatic ring is 1. The highest BCUT2D eigenvalue weighted by atomic mass is 32.1. The lowest BCUT2D eigenvalue weighted by Gasteiger charge is -2.03. The normalized spacial score (nSPS) is 10.4. The van der Waals surface area contributed by atoms with Crippen LogP contribution in [0.2, 0.25) is 0 Å². The fourth-order valence-corrected chi connectivity index (χ4v) is 2.58. The zero-order valence-electron chi connectivity index (χ0n) is 11.4. The molecule has 0 fully saturated rings. The van der Waals surface area contributed by atoms with E-state index in [2.05, 4.69) is 22.4 Å². The average molecular weight is 290 g/mol. The number of benzene rings is 1. The van der Waals surface area contributed by atoms with Crippen molar-refractivity contribution in [2.24, 2.45) is 0 Å². The number of carbonyl (C=O) groups excluding carboxylic acids is 1. The van der Waals surface area contributed by atoms with Crippen molar-refractivity contribution in [3.63, 3.8) is 0 Å². The molecule has 0 radical (unpaired) electrons. The van der Waals surface area contributed by atoms with Crippen molar-refractivity contribution in [1.82, 2.24) is 10.2 Å². The van der Waals surface area contributed by atoms with Gasteiger partial charge in [-0.1, -0.05) is 43.2 Å². The van der Waals surface area contributed by atoms with Gasteiger partial charge in [-0.2, -0.15) is 0 Å². The van der Waals surface area contributed by atoms with Gasteiger partial charge in [0.1, 0.15) is 5.01 Å². The van der Waals surface area contributed by atoms with E-state index in [-0.39, 0.29) is 5.91 Å². The van der Waals surface area contributed by atoms with Crippen LogP contribution in [0, 0.1) is 0 Å². The molecule has 0 spiro atoms. The number of anilines is 2. The average Bonchev–Trinajstić information content (AvgIpc) is 2.87. The van der Waals surface area contributed by atoms with Crippen LogP contribution in [0.3, 0.4) is 0 Å². The maximum absolute atomic E-state index is 12.1. The van der Waals surface area contributed by atoms with Gasteiger partial charge in [-0.25, -0.2) is 0 Å². The van der Waals surface area contributed by atoms with Gasteiger partial charge in [0.05, 0.1) is 5.56 Å². The Kier molecular flexibility index (Phi) is 5.06. The van der Waals surface area contributed by atoms with Gasteiger partial charge < -0.3 is 5.73 Å². The number of aryl methyl sites for hydroxylation is 1. The molecule has 20 heavy (non-hydrogen) atoms. The Morgan fingerprint density at radius 3 is 2.85 bits per heavy atom. The second-order valence-electron chi connectivity index (χ2n) is 4.50. The minimum absolute atomic E-state index is 0.251. The Labute approximate surface area is 122 Å². The third-order valence-electron chi connectivity index (χ3n) is 2.89. The first kappa shape index (κ1) is 14.5. The first-order valence-corrected chi connectivity index (χ1v) is 7.50. The first-order chi connectivity index (χ1) is 9.70. The van der Waals surface area contributed by atoms with Crippen LogP contribution in [0.25, 0.3) is 0 Å². The molecule has 0 unspecified atom stereocenters. The van der Waals surface area contributed by atoms with Crippen LogP contribution in [0.1, 0.15) is 41.6 Å². The lowest BCUT2D eigenvalue weighted by atomic mass is 10.2. The number of unbranched alkanes of at least 4 members (excludes halogenated alkanes) is 2. The number of rotatable bonds is 6. The van der Waals surface area contributed by atoms with E-state index >= 15 is 0 Å². The van der Waals surface area contributed by atoms with Crippen molar-refractivity contribution in [2.75, 3.05) is 11.1 Å². The quantitative estimate of drug-likeness (QED) is 0.632. The number of amides is 1. The highest BCUT2D eigenvalue weighted by Gasteiger charge is 2.12. The van der Waals surface area contributed by atoms with Gasteiger partial charge in [0.15, 0.2) is 0 Å². The summed E-state index contributed by atoms with van der Waals surface area (Å²) in [6, 6.07) is 6.96. The Hall–Kier alpha value is -1.95. The third kappa shape index (κ3) is 3.77. The number of nitrogens with zero attached hydrogens (tertiary/aromatic N) is 2. The SMILES string of the molecule is CCCCCc1nnc(NC(=O)c2ccccc2N)s1. The molecule has 1 aromatic heterocycles. The number of hydrogen-bond donors (Lipinski definition) is 2. The summed E-state index contributed by atoms with van der Waals surface area (Å²) in [5.41, 5.74) is 6.68. The number of nitrogens with two attached hydrogens (primary N) is 1. The van der Waals surface area contributed by atoms with Crippen LogP contribution in [-0.4, -0.2) is 16.1 Å². The second kappa shape index (κ2) is 7.00. The molecule has 0 aliphatic rings. The van der Waals surface area contributed by atoms with Crippen molar-refractivity contribution in [3.05, 3.63) is 34.8 Å². The maximum atomic E-state index is 12.1. The Morgan fingerprint density at radius 2 is 2.10 bits per heavy atom. The molecule has 0 aliphatic heterocycles. The first-order valence-electron chi connectivity index (χ1n) is 6.69. The lowest BCUT2D eigenvalue weighted by Crippen LogP contribution is -2.13. The maximum Gasteiger partial charge on any atom is 0.259 e. The van der Waals surface area contributed by atoms with Gasteiger partial charge in [-0.05, 0) is 18.6 Å².